The molecule has 121 heavy (non-hydrogen) atoms. The smallest absolute Gasteiger partial charge is 0.409 e. The minimum Gasteiger partial charge on any atom is -0.422 e. The van der Waals surface area contributed by atoms with E-state index in [4.69, 9.17) is 48.9 Å². The third-order valence-electron chi connectivity index (χ3n) is 16.9. The van der Waals surface area contributed by atoms with Crippen LogP contribution in [0.1, 0.15) is 205 Å². The number of nitrogens with one attached hydrogen (secondary N) is 12. The van der Waals surface area contributed by atoms with Crippen LogP contribution in [0.2, 0.25) is 0 Å². The monoisotopic (exact) mass is 1730 g/mol. The molecule has 40 nitrogen and oxygen atoms in total. The van der Waals surface area contributed by atoms with Gasteiger partial charge in [0, 0.05) is 0 Å². The summed E-state index contributed by atoms with van der Waals surface area (Å²) >= 11 is 0. The first-order valence-corrected chi connectivity index (χ1v) is 40.3. The van der Waals surface area contributed by atoms with Crippen molar-refractivity contribution in [3.8, 4) is 0 Å². The maximum absolute atomic E-state index is 13.9. The molecule has 0 aromatic rings. The van der Waals surface area contributed by atoms with E-state index in [-0.39, 0.29) is 98.7 Å². The zero-order chi connectivity index (χ0) is 98.7. The molecule has 12 unspecified atom stereocenters. The van der Waals surface area contributed by atoms with Crippen LogP contribution < -0.4 is 63.8 Å². The highest BCUT2D eigenvalue weighted by molar-refractivity contribution is 5.97. The van der Waals surface area contributed by atoms with Gasteiger partial charge in [0.15, 0.2) is 6.79 Å². The summed E-state index contributed by atoms with van der Waals surface area (Å²) in [6.45, 7) is 18.1. The average molecular weight is 1730 g/mol. The molecule has 0 aromatic carbocycles. The highest BCUT2D eigenvalue weighted by Crippen LogP contribution is 2.22. The summed E-state index contributed by atoms with van der Waals surface area (Å²) < 4.78 is 108. The van der Waals surface area contributed by atoms with Gasteiger partial charge in [-0.1, -0.05) is 111 Å². The van der Waals surface area contributed by atoms with Crippen molar-refractivity contribution in [3.63, 3.8) is 0 Å². The van der Waals surface area contributed by atoms with E-state index in [1.807, 2.05) is 0 Å². The van der Waals surface area contributed by atoms with Crippen LogP contribution in [0.3, 0.4) is 0 Å². The zero-order valence-corrected chi connectivity index (χ0v) is 72.4. The van der Waals surface area contributed by atoms with Gasteiger partial charge in [0.25, 0.3) is 0 Å². The number of aldehydes is 8. The first kappa shape index (κ1) is 97.0. The molecule has 0 spiro atoms. The summed E-state index contributed by atoms with van der Waals surface area (Å²) in [4.78, 5) is 262. The second-order valence-electron chi connectivity index (χ2n) is 32.7. The molecule has 0 aliphatic heterocycles. The minimum atomic E-state index is -1.91. The summed E-state index contributed by atoms with van der Waals surface area (Å²) in [5, 5.41) is 28.0. The van der Waals surface area contributed by atoms with Crippen molar-refractivity contribution in [1.29, 1.82) is 0 Å². The molecule has 0 aromatic heterocycles. The van der Waals surface area contributed by atoms with Gasteiger partial charge in [-0.2, -0.15) is 0 Å². The summed E-state index contributed by atoms with van der Waals surface area (Å²) in [5.74, 6) is -13.4. The molecule has 40 heteroatoms. The number of ether oxygens (including phenoxy) is 8. The van der Waals surface area contributed by atoms with E-state index in [0.717, 1.165) is 0 Å². The SMILES string of the molecule is [2H]C(=O)C(CC(C)C)NC(=O)CC(NC(=O)CCOCOCC(COCOCC(=O)NC(CC(=O)NC(CC(C)C)C([2H])=O)C(=O)NC(CC(C)C)C([2H])=O)(COCOCC(=O)NC(CC(=O)NC(CC(C)C)C([2H])=O)C(=O)NC(CC(C)C)C([2H])=O)COCOC(=O)NC(CC(=O)NC(CC(C)C)C([2H])=O)C(=O)NC(CC(C)C)C([2H])=O)C(=O)NC(CC(C)C)C([2H])=O. The topological polar surface area (TPSA) is 560 Å². The Labute approximate surface area is 720 Å². The Morgan fingerprint density at radius 2 is 0.479 bits per heavy atom. The number of hydrogen-bond acceptors (Lipinski definition) is 28. The predicted molar refractivity (Wildman–Crippen MR) is 435 cm³/mol. The number of amides is 12. The van der Waals surface area contributed by atoms with Crippen LogP contribution in [0.15, 0.2) is 0 Å². The van der Waals surface area contributed by atoms with Gasteiger partial charge in [0.2, 0.25) is 65.0 Å². The van der Waals surface area contributed by atoms with Crippen molar-refractivity contribution < 1.29 is 145 Å². The number of carbonyl (C=O) groups excluding carboxylic acids is 20. The Morgan fingerprint density at radius 1 is 0.264 bits per heavy atom. The van der Waals surface area contributed by atoms with Gasteiger partial charge in [0.05, 0.1) is 119 Å². The Kier molecular flexibility index (Phi) is 50.9. The lowest BCUT2D eigenvalue weighted by molar-refractivity contribution is -0.181. The van der Waals surface area contributed by atoms with E-state index in [1.54, 1.807) is 111 Å². The Morgan fingerprint density at radius 3 is 0.719 bits per heavy atom. The quantitative estimate of drug-likeness (QED) is 0.0221. The molecule has 0 aliphatic carbocycles. The van der Waals surface area contributed by atoms with Crippen LogP contribution in [0, 0.1) is 52.8 Å². The van der Waals surface area contributed by atoms with Crippen molar-refractivity contribution >= 4 is 121 Å². The van der Waals surface area contributed by atoms with Crippen LogP contribution in [-0.4, -0.2) is 267 Å². The van der Waals surface area contributed by atoms with Crippen LogP contribution in [0.5, 0.6) is 0 Å². The fourth-order valence-corrected chi connectivity index (χ4v) is 11.5. The third-order valence-corrected chi connectivity index (χ3v) is 16.9. The number of alkyl carbamates (subject to hydrolysis) is 1. The molecule has 0 heterocycles. The fraction of sp³-hybridized carbons (Fsp3) is 0.753. The molecule has 0 bridgehead atoms. The molecular weight excluding hydrogens is 1590 g/mol. The highest BCUT2D eigenvalue weighted by atomic mass is 16.7. The van der Waals surface area contributed by atoms with Crippen molar-refractivity contribution in [2.45, 2.75) is 267 Å². The fourth-order valence-electron chi connectivity index (χ4n) is 11.5. The molecule has 12 amide bonds. The van der Waals surface area contributed by atoms with E-state index >= 15 is 0 Å². The van der Waals surface area contributed by atoms with Gasteiger partial charge in [0.1, 0.15) is 119 Å². The van der Waals surface area contributed by atoms with E-state index < -0.39 is 305 Å². The standard InChI is InChI=1S/C81H136N12O28/c1-49(2)19-57(31-94)82-70(103)27-65(76(109)86-61(35-98)23-53(9)10)90-69(102)17-18-114-45-117-41-81(44-120-48-121-80(113)93-68(79(112)89-64(38-101)26-56(15)16)30-73(106)85-60(34-97)22-52(7)8,42-118-46-115-39-74(107)91-66(77(110)87-62(36-99)24-54(11)12)28-71(104)83-58(32-95)20-50(3)4)43-119-47-116-40-75(108)92-67(78(111)88-63(37-100)25-55(13)14)29-72(105)84-59(33-96)21-51(5)6/h31-38,49-68H,17-30,39-48H2,1-16H3,(H,82,103)(H,83,104)(H,84,105)(H,85,106)(H,86,109)(H,87,110)(H,88,111)(H,89,112)(H,90,102)(H,91,107)(H,92,108)(H,93,113)/i31D,32D,33D,34D,35D,36D,37D,38D. The predicted octanol–water partition coefficient (Wildman–Crippen LogP) is 0.257. The lowest BCUT2D eigenvalue weighted by Crippen LogP contribution is -2.53. The van der Waals surface area contributed by atoms with Crippen molar-refractivity contribution in [2.24, 2.45) is 52.8 Å². The van der Waals surface area contributed by atoms with Gasteiger partial charge >= 0.3 is 6.09 Å². The second kappa shape index (κ2) is 63.5. The van der Waals surface area contributed by atoms with Crippen LogP contribution in [0.25, 0.3) is 0 Å². The maximum Gasteiger partial charge on any atom is 0.409 e. The van der Waals surface area contributed by atoms with Crippen LogP contribution >= 0.6 is 0 Å². The summed E-state index contributed by atoms with van der Waals surface area (Å²) in [7, 11) is 0. The summed E-state index contributed by atoms with van der Waals surface area (Å²) in [5.41, 5.74) is -1.86. The molecule has 0 radical (unpaired) electrons. The normalized spacial score (nSPS) is 15.8. The molecule has 0 fully saturated rings. The maximum atomic E-state index is 13.9. The van der Waals surface area contributed by atoms with Crippen LogP contribution in [0.4, 0.5) is 4.79 Å². The highest BCUT2D eigenvalue weighted by Gasteiger charge is 2.36. The van der Waals surface area contributed by atoms with Gasteiger partial charge in [-0.25, -0.2) is 4.79 Å². The lowest BCUT2D eigenvalue weighted by Gasteiger charge is -2.32. The zero-order valence-electron chi connectivity index (χ0n) is 80.4. The van der Waals surface area contributed by atoms with Crippen LogP contribution in [-0.2, 0) is 129 Å². The molecule has 0 saturated heterocycles. The van der Waals surface area contributed by atoms with E-state index in [0.29, 0.717) is 0 Å². The van der Waals surface area contributed by atoms with Gasteiger partial charge in [-0.3, -0.25) is 52.7 Å². The first-order chi connectivity index (χ1) is 60.0. The largest absolute Gasteiger partial charge is 0.422 e. The van der Waals surface area contributed by atoms with Gasteiger partial charge < -0.3 is 140 Å². The molecule has 12 N–H and O–H groups in total. The van der Waals surface area contributed by atoms with Crippen molar-refractivity contribution in [2.75, 3.05) is 73.4 Å². The Balaban J connectivity index is 8.13. The Hall–Kier alpha value is -9.48. The minimum absolute atomic E-state index is 0.00792. The molecule has 0 saturated carbocycles. The summed E-state index contributed by atoms with van der Waals surface area (Å²) in [6.07, 6.45) is -15.2. The van der Waals surface area contributed by atoms with E-state index in [2.05, 4.69) is 63.8 Å². The molecule has 688 valence electrons. The molecule has 12 atom stereocenters. The van der Waals surface area contributed by atoms with Gasteiger partial charge in [-0.05, 0) is 98.7 Å². The number of hydrogen-bond donors (Lipinski definition) is 12. The van der Waals surface area contributed by atoms with Gasteiger partial charge in [-0.15, -0.1) is 0 Å². The second-order valence-corrected chi connectivity index (χ2v) is 32.7. The average Bonchev–Trinajstić information content (AvgIpc) is 0.856. The molecule has 0 aliphatic rings. The first-order valence-electron chi connectivity index (χ1n) is 44.3. The number of rotatable bonds is 71. The Bertz CT molecular complexity index is 3590. The van der Waals surface area contributed by atoms with Crippen molar-refractivity contribution in [3.05, 3.63) is 0 Å². The molecular formula is C81H136N12O28. The molecule has 0 rings (SSSR count). The van der Waals surface area contributed by atoms with E-state index in [1.165, 1.54) is 0 Å². The van der Waals surface area contributed by atoms with E-state index in [9.17, 15) is 95.9 Å². The lowest BCUT2D eigenvalue weighted by atomic mass is 9.92. The van der Waals surface area contributed by atoms with Crippen molar-refractivity contribution in [1.82, 2.24) is 63.8 Å². The number of carbonyl (C=O) groups is 20. The summed E-state index contributed by atoms with van der Waals surface area (Å²) in [6, 6.07) is -18.2. The third kappa shape index (κ3) is 54.5.